The first-order chi connectivity index (χ1) is 13.5. The lowest BCUT2D eigenvalue weighted by Crippen LogP contribution is -2.34. The largest absolute Gasteiger partial charge is 0.468 e. The molecule has 2 atom stereocenters. The minimum Gasteiger partial charge on any atom is -0.468 e. The Bertz CT molecular complexity index is 961. The third-order valence-electron chi connectivity index (χ3n) is 4.19. The predicted molar refractivity (Wildman–Crippen MR) is 106 cm³/mol. The number of nitrogens with one attached hydrogen (secondary N) is 2. The zero-order valence-corrected chi connectivity index (χ0v) is 15.7. The van der Waals surface area contributed by atoms with E-state index in [4.69, 9.17) is 16.0 Å². The van der Waals surface area contributed by atoms with Crippen molar-refractivity contribution in [2.24, 2.45) is 0 Å². The molecule has 7 nitrogen and oxygen atoms in total. The van der Waals surface area contributed by atoms with Gasteiger partial charge in [0.15, 0.2) is 0 Å². The fourth-order valence-electron chi connectivity index (χ4n) is 2.78. The maximum Gasteiger partial charge on any atom is 0.289 e. The van der Waals surface area contributed by atoms with Gasteiger partial charge in [0.25, 0.3) is 5.69 Å². The molecule has 0 radical (unpaired) electrons. The van der Waals surface area contributed by atoms with Crippen molar-refractivity contribution in [3.63, 3.8) is 0 Å². The van der Waals surface area contributed by atoms with Crippen LogP contribution in [0.1, 0.15) is 30.3 Å². The van der Waals surface area contributed by atoms with Crippen molar-refractivity contribution < 1.29 is 14.1 Å². The molecule has 0 aliphatic rings. The summed E-state index contributed by atoms with van der Waals surface area (Å²) in [5.41, 5.74) is 0.768. The first-order valence-electron chi connectivity index (χ1n) is 8.55. The number of rotatable bonds is 7. The number of carbonyl (C=O) groups excluding carboxylic acids is 1. The Kier molecular flexibility index (Phi) is 6.08. The Labute approximate surface area is 166 Å². The van der Waals surface area contributed by atoms with Crippen molar-refractivity contribution in [3.8, 4) is 0 Å². The highest BCUT2D eigenvalue weighted by atomic mass is 35.5. The van der Waals surface area contributed by atoms with E-state index in [1.807, 2.05) is 43.3 Å². The topological polar surface area (TPSA) is 97.4 Å². The van der Waals surface area contributed by atoms with E-state index in [0.29, 0.717) is 5.76 Å². The lowest BCUT2D eigenvalue weighted by Gasteiger charge is -2.22. The predicted octanol–water partition coefficient (Wildman–Crippen LogP) is 4.87. The number of nitro groups is 1. The number of hydrogen-bond donors (Lipinski definition) is 2. The van der Waals surface area contributed by atoms with Gasteiger partial charge in [-0.15, -0.1) is 0 Å². The normalized spacial score (nSPS) is 12.9. The third-order valence-corrected chi connectivity index (χ3v) is 4.51. The van der Waals surface area contributed by atoms with Crippen LogP contribution in [0.5, 0.6) is 0 Å². The van der Waals surface area contributed by atoms with Gasteiger partial charge in [-0.2, -0.15) is 0 Å². The van der Waals surface area contributed by atoms with Crippen LogP contribution in [0.3, 0.4) is 0 Å². The van der Waals surface area contributed by atoms with Gasteiger partial charge in [0.2, 0.25) is 5.91 Å². The highest BCUT2D eigenvalue weighted by molar-refractivity contribution is 6.32. The van der Waals surface area contributed by atoms with Crippen molar-refractivity contribution in [3.05, 3.63) is 93.4 Å². The van der Waals surface area contributed by atoms with Gasteiger partial charge in [-0.05, 0) is 36.8 Å². The van der Waals surface area contributed by atoms with E-state index < -0.39 is 11.0 Å². The lowest BCUT2D eigenvalue weighted by atomic mass is 10.0. The molecule has 1 aromatic heterocycles. The number of benzene rings is 2. The molecule has 0 bridgehead atoms. The summed E-state index contributed by atoms with van der Waals surface area (Å²) in [5.74, 6) is 0.331. The summed E-state index contributed by atoms with van der Waals surface area (Å²) in [6.45, 7) is 1.88. The molecule has 2 aromatic carbocycles. The van der Waals surface area contributed by atoms with E-state index in [9.17, 15) is 14.9 Å². The maximum absolute atomic E-state index is 13.0. The number of halogens is 1. The summed E-state index contributed by atoms with van der Waals surface area (Å²) in [6.07, 6.45) is 1.57. The molecule has 8 heteroatoms. The third kappa shape index (κ3) is 4.57. The van der Waals surface area contributed by atoms with Gasteiger partial charge in [-0.1, -0.05) is 41.9 Å². The van der Waals surface area contributed by atoms with E-state index in [1.165, 1.54) is 18.2 Å². The number of nitrogens with zero attached hydrogens (tertiary/aromatic N) is 1. The van der Waals surface area contributed by atoms with Crippen LogP contribution in [0.15, 0.2) is 71.3 Å². The summed E-state index contributed by atoms with van der Waals surface area (Å²) in [6, 6.07) is 16.0. The molecule has 0 aliphatic carbocycles. The first kappa shape index (κ1) is 19.6. The fraction of sp³-hybridized carbons (Fsp3) is 0.150. The van der Waals surface area contributed by atoms with Crippen LogP contribution in [0.4, 0.5) is 11.4 Å². The number of nitro benzene ring substituents is 1. The lowest BCUT2D eigenvalue weighted by molar-refractivity contribution is -0.384. The zero-order chi connectivity index (χ0) is 20.1. The van der Waals surface area contributed by atoms with Crippen molar-refractivity contribution >= 4 is 28.9 Å². The van der Waals surface area contributed by atoms with Crippen molar-refractivity contribution in [2.45, 2.75) is 19.0 Å². The molecule has 2 N–H and O–H groups in total. The monoisotopic (exact) mass is 399 g/mol. The maximum atomic E-state index is 13.0. The fourth-order valence-corrected chi connectivity index (χ4v) is 2.97. The summed E-state index contributed by atoms with van der Waals surface area (Å²) in [4.78, 5) is 23.5. The summed E-state index contributed by atoms with van der Waals surface area (Å²) < 4.78 is 5.40. The smallest absolute Gasteiger partial charge is 0.289 e. The van der Waals surface area contributed by atoms with Gasteiger partial charge >= 0.3 is 0 Å². The Morgan fingerprint density at radius 3 is 2.54 bits per heavy atom. The molecule has 1 heterocycles. The molecule has 144 valence electrons. The molecule has 0 spiro atoms. The van der Waals surface area contributed by atoms with E-state index in [0.717, 1.165) is 5.56 Å². The van der Waals surface area contributed by atoms with Crippen LogP contribution in [0.25, 0.3) is 0 Å². The second kappa shape index (κ2) is 8.69. The minimum atomic E-state index is -0.698. The van der Waals surface area contributed by atoms with E-state index in [-0.39, 0.29) is 28.3 Å². The molecule has 0 saturated carbocycles. The summed E-state index contributed by atoms with van der Waals surface area (Å²) in [5, 5.41) is 17.0. The van der Waals surface area contributed by atoms with E-state index in [2.05, 4.69) is 10.6 Å². The van der Waals surface area contributed by atoms with Gasteiger partial charge in [-0.25, -0.2) is 0 Å². The van der Waals surface area contributed by atoms with Gasteiger partial charge < -0.3 is 9.73 Å². The molecule has 0 aliphatic heterocycles. The van der Waals surface area contributed by atoms with Crippen molar-refractivity contribution in [1.82, 2.24) is 5.32 Å². The molecule has 0 saturated heterocycles. The number of carbonyl (C=O) groups is 1. The van der Waals surface area contributed by atoms with E-state index in [1.54, 1.807) is 12.3 Å². The quantitative estimate of drug-likeness (QED) is 0.436. The summed E-state index contributed by atoms with van der Waals surface area (Å²) >= 11 is 5.83. The second-order valence-corrected chi connectivity index (χ2v) is 6.57. The number of furan rings is 1. The molecule has 0 fully saturated rings. The molecule has 1 amide bonds. The Morgan fingerprint density at radius 2 is 1.89 bits per heavy atom. The molecular weight excluding hydrogens is 382 g/mol. The highest BCUT2D eigenvalue weighted by Crippen LogP contribution is 2.28. The highest BCUT2D eigenvalue weighted by Gasteiger charge is 2.24. The SMILES string of the molecule is C[C@@H](N[C@@H](C(=O)Nc1ccc(Cl)c([N+](=O)[O-])c1)c1ccccc1)c1ccco1. The van der Waals surface area contributed by atoms with Crippen molar-refractivity contribution in [1.29, 1.82) is 0 Å². The van der Waals surface area contributed by atoms with Crippen LogP contribution < -0.4 is 10.6 Å². The average molecular weight is 400 g/mol. The van der Waals surface area contributed by atoms with Crippen LogP contribution in [0, 0.1) is 10.1 Å². The summed E-state index contributed by atoms with van der Waals surface area (Å²) in [7, 11) is 0. The average Bonchev–Trinajstić information content (AvgIpc) is 3.22. The number of hydrogen-bond acceptors (Lipinski definition) is 5. The van der Waals surface area contributed by atoms with Gasteiger partial charge in [-0.3, -0.25) is 20.2 Å². The molecule has 3 aromatic rings. The molecular formula is C20H18ClN3O4. The zero-order valence-electron chi connectivity index (χ0n) is 15.0. The van der Waals surface area contributed by atoms with Gasteiger partial charge in [0.1, 0.15) is 16.8 Å². The van der Waals surface area contributed by atoms with Gasteiger partial charge in [0.05, 0.1) is 17.2 Å². The van der Waals surface area contributed by atoms with E-state index >= 15 is 0 Å². The first-order valence-corrected chi connectivity index (χ1v) is 8.92. The van der Waals surface area contributed by atoms with Crippen LogP contribution in [0.2, 0.25) is 5.02 Å². The van der Waals surface area contributed by atoms with Crippen molar-refractivity contribution in [2.75, 3.05) is 5.32 Å². The van der Waals surface area contributed by atoms with Crippen LogP contribution >= 0.6 is 11.6 Å². The molecule has 0 unspecified atom stereocenters. The Hall–Kier alpha value is -3.16. The number of amides is 1. The molecule has 28 heavy (non-hydrogen) atoms. The Morgan fingerprint density at radius 1 is 1.14 bits per heavy atom. The van der Waals surface area contributed by atoms with Crippen LogP contribution in [-0.2, 0) is 4.79 Å². The molecule has 3 rings (SSSR count). The minimum absolute atomic E-state index is 0.00664. The van der Waals surface area contributed by atoms with Crippen LogP contribution in [-0.4, -0.2) is 10.8 Å². The van der Waals surface area contributed by atoms with Gasteiger partial charge in [0, 0.05) is 11.8 Å². The second-order valence-electron chi connectivity index (χ2n) is 6.16. The number of anilines is 1. The Balaban J connectivity index is 1.84. The standard InChI is InChI=1S/C20H18ClN3O4/c1-13(18-8-5-11-28-18)22-19(14-6-3-2-4-7-14)20(25)23-15-9-10-16(21)17(12-15)24(26)27/h2-13,19,22H,1H3,(H,23,25)/t13-,19-/m1/s1.